The zero-order valence-corrected chi connectivity index (χ0v) is 10.7. The van der Waals surface area contributed by atoms with Gasteiger partial charge in [-0.15, -0.1) is 0 Å². The lowest BCUT2D eigenvalue weighted by Crippen LogP contribution is -2.32. The fraction of sp³-hybridized carbons (Fsp3) is 0.500. The summed E-state index contributed by atoms with van der Waals surface area (Å²) in [5.74, 6) is 5.99. The van der Waals surface area contributed by atoms with Crippen molar-refractivity contribution in [2.45, 2.75) is 45.1 Å². The molecule has 4 heteroatoms. The molecule has 98 valence electrons. The Morgan fingerprint density at radius 1 is 1.33 bits per heavy atom. The van der Waals surface area contributed by atoms with Gasteiger partial charge in [0.25, 0.3) is 0 Å². The van der Waals surface area contributed by atoms with E-state index in [9.17, 15) is 4.39 Å². The summed E-state index contributed by atoms with van der Waals surface area (Å²) in [7, 11) is 0. The maximum absolute atomic E-state index is 13.2. The first-order valence-corrected chi connectivity index (χ1v) is 6.51. The molecule has 1 aromatic rings. The third-order valence-corrected chi connectivity index (χ3v) is 3.45. The van der Waals surface area contributed by atoms with Gasteiger partial charge in [0.2, 0.25) is 0 Å². The van der Waals surface area contributed by atoms with Crippen LogP contribution in [0.5, 0.6) is 0 Å². The lowest BCUT2D eigenvalue weighted by Gasteiger charge is -2.19. The summed E-state index contributed by atoms with van der Waals surface area (Å²) in [6, 6.07) is 5.29. The van der Waals surface area contributed by atoms with Gasteiger partial charge < -0.3 is 5.43 Å². The SMILES string of the molecule is Cc1cc(C(=NC2CCCCC2)NN)ccc1F. The first-order chi connectivity index (χ1) is 8.70. The molecule has 1 aliphatic rings. The van der Waals surface area contributed by atoms with Crippen LogP contribution in [0.4, 0.5) is 4.39 Å². The maximum atomic E-state index is 13.2. The van der Waals surface area contributed by atoms with Gasteiger partial charge in [0.15, 0.2) is 0 Å². The minimum absolute atomic E-state index is 0.201. The number of hydrogen-bond donors (Lipinski definition) is 2. The molecule has 1 aromatic carbocycles. The van der Waals surface area contributed by atoms with Gasteiger partial charge in [0, 0.05) is 5.56 Å². The van der Waals surface area contributed by atoms with E-state index in [2.05, 4.69) is 10.4 Å². The number of benzene rings is 1. The highest BCUT2D eigenvalue weighted by atomic mass is 19.1. The van der Waals surface area contributed by atoms with Crippen LogP contribution < -0.4 is 11.3 Å². The Balaban J connectivity index is 2.20. The van der Waals surface area contributed by atoms with Crippen molar-refractivity contribution in [2.75, 3.05) is 0 Å². The molecule has 3 nitrogen and oxygen atoms in total. The lowest BCUT2D eigenvalue weighted by molar-refractivity contribution is 0.442. The molecule has 0 saturated heterocycles. The van der Waals surface area contributed by atoms with Gasteiger partial charge in [-0.2, -0.15) is 0 Å². The number of nitrogens with zero attached hydrogens (tertiary/aromatic N) is 1. The molecule has 0 aliphatic heterocycles. The lowest BCUT2D eigenvalue weighted by atomic mass is 9.96. The molecule has 0 bridgehead atoms. The Bertz CT molecular complexity index is 437. The third-order valence-electron chi connectivity index (χ3n) is 3.45. The van der Waals surface area contributed by atoms with Crippen molar-refractivity contribution >= 4 is 5.84 Å². The molecule has 0 aromatic heterocycles. The Morgan fingerprint density at radius 3 is 2.67 bits per heavy atom. The van der Waals surface area contributed by atoms with Crippen LogP contribution >= 0.6 is 0 Å². The molecule has 1 fully saturated rings. The number of hydrogen-bond acceptors (Lipinski definition) is 2. The van der Waals surface area contributed by atoms with Gasteiger partial charge in [0.1, 0.15) is 11.7 Å². The maximum Gasteiger partial charge on any atom is 0.142 e. The van der Waals surface area contributed by atoms with Crippen LogP contribution in [-0.4, -0.2) is 11.9 Å². The van der Waals surface area contributed by atoms with Crippen LogP contribution in [0.25, 0.3) is 0 Å². The minimum atomic E-state index is -0.201. The molecule has 0 amide bonds. The summed E-state index contributed by atoms with van der Waals surface area (Å²) in [6.07, 6.45) is 5.99. The summed E-state index contributed by atoms with van der Waals surface area (Å²) >= 11 is 0. The predicted molar refractivity (Wildman–Crippen MR) is 71.9 cm³/mol. The Hall–Kier alpha value is -1.42. The van der Waals surface area contributed by atoms with Crippen molar-refractivity contribution in [3.8, 4) is 0 Å². The molecule has 18 heavy (non-hydrogen) atoms. The van der Waals surface area contributed by atoms with Crippen LogP contribution in [0.15, 0.2) is 23.2 Å². The van der Waals surface area contributed by atoms with Crippen molar-refractivity contribution in [1.29, 1.82) is 0 Å². The normalized spacial score (nSPS) is 17.8. The van der Waals surface area contributed by atoms with E-state index >= 15 is 0 Å². The van der Waals surface area contributed by atoms with E-state index in [1.807, 2.05) is 0 Å². The van der Waals surface area contributed by atoms with Crippen molar-refractivity contribution in [1.82, 2.24) is 5.43 Å². The molecule has 3 N–H and O–H groups in total. The van der Waals surface area contributed by atoms with Crippen molar-refractivity contribution in [3.05, 3.63) is 35.1 Å². The van der Waals surface area contributed by atoms with E-state index in [-0.39, 0.29) is 5.82 Å². The molecule has 0 unspecified atom stereocenters. The summed E-state index contributed by atoms with van der Waals surface area (Å²) in [4.78, 5) is 4.65. The van der Waals surface area contributed by atoms with Gasteiger partial charge in [-0.05, 0) is 43.5 Å². The highest BCUT2D eigenvalue weighted by Crippen LogP contribution is 2.21. The van der Waals surface area contributed by atoms with Crippen LogP contribution in [-0.2, 0) is 0 Å². The van der Waals surface area contributed by atoms with Crippen molar-refractivity contribution in [3.63, 3.8) is 0 Å². The van der Waals surface area contributed by atoms with E-state index in [0.717, 1.165) is 18.4 Å². The first kappa shape index (κ1) is 13.0. The first-order valence-electron chi connectivity index (χ1n) is 6.51. The standard InChI is InChI=1S/C14H20FN3/c1-10-9-11(7-8-13(10)15)14(18-16)17-12-5-3-2-4-6-12/h7-9,12H,2-6,16H2,1H3,(H,17,18). The number of nitrogens with one attached hydrogen (secondary N) is 1. The number of nitrogens with two attached hydrogens (primary N) is 1. The molecule has 0 spiro atoms. The number of halogens is 1. The van der Waals surface area contributed by atoms with Gasteiger partial charge in [0.05, 0.1) is 6.04 Å². The Kier molecular flexibility index (Phi) is 4.31. The number of aryl methyl sites for hydroxylation is 1. The number of aliphatic imine (C=N–C) groups is 1. The average Bonchev–Trinajstić information content (AvgIpc) is 2.40. The molecule has 0 atom stereocenters. The van der Waals surface area contributed by atoms with Gasteiger partial charge in [-0.1, -0.05) is 19.3 Å². The molecular formula is C14H20FN3. The minimum Gasteiger partial charge on any atom is -0.308 e. The molecule has 2 rings (SSSR count). The fourth-order valence-corrected chi connectivity index (χ4v) is 2.38. The average molecular weight is 249 g/mol. The number of amidine groups is 1. The smallest absolute Gasteiger partial charge is 0.142 e. The van der Waals surface area contributed by atoms with Crippen LogP contribution in [0.3, 0.4) is 0 Å². The second-order valence-electron chi connectivity index (χ2n) is 4.88. The van der Waals surface area contributed by atoms with Gasteiger partial charge in [-0.25, -0.2) is 10.2 Å². The molecule has 1 aliphatic carbocycles. The van der Waals surface area contributed by atoms with Gasteiger partial charge in [-0.3, -0.25) is 4.99 Å². The van der Waals surface area contributed by atoms with E-state index in [4.69, 9.17) is 5.84 Å². The summed E-state index contributed by atoms with van der Waals surface area (Å²) in [5.41, 5.74) is 4.10. The second-order valence-corrected chi connectivity index (χ2v) is 4.88. The predicted octanol–water partition coefficient (Wildman–Crippen LogP) is 2.68. The molecular weight excluding hydrogens is 229 g/mol. The highest BCUT2D eigenvalue weighted by Gasteiger charge is 2.14. The van der Waals surface area contributed by atoms with Gasteiger partial charge >= 0.3 is 0 Å². The number of rotatable bonds is 2. The van der Waals surface area contributed by atoms with Crippen molar-refractivity contribution in [2.24, 2.45) is 10.8 Å². The van der Waals surface area contributed by atoms with E-state index in [1.165, 1.54) is 25.3 Å². The largest absolute Gasteiger partial charge is 0.308 e. The van der Waals surface area contributed by atoms with E-state index < -0.39 is 0 Å². The van der Waals surface area contributed by atoms with E-state index in [0.29, 0.717) is 17.4 Å². The fourth-order valence-electron chi connectivity index (χ4n) is 2.38. The third kappa shape index (κ3) is 3.07. The zero-order chi connectivity index (χ0) is 13.0. The van der Waals surface area contributed by atoms with Crippen LogP contribution in [0.2, 0.25) is 0 Å². The van der Waals surface area contributed by atoms with Crippen LogP contribution in [0.1, 0.15) is 43.2 Å². The Labute approximate surface area is 107 Å². The van der Waals surface area contributed by atoms with Crippen LogP contribution in [0, 0.1) is 12.7 Å². The molecule has 1 saturated carbocycles. The Morgan fingerprint density at radius 2 is 2.06 bits per heavy atom. The monoisotopic (exact) mass is 249 g/mol. The molecule has 0 heterocycles. The van der Waals surface area contributed by atoms with E-state index in [1.54, 1.807) is 19.1 Å². The summed E-state index contributed by atoms with van der Waals surface area (Å²) in [6.45, 7) is 1.74. The topological polar surface area (TPSA) is 50.4 Å². The highest BCUT2D eigenvalue weighted by molar-refractivity contribution is 5.98. The summed E-state index contributed by atoms with van der Waals surface area (Å²) < 4.78 is 13.2. The number of hydrazine groups is 1. The second kappa shape index (κ2) is 5.96. The van der Waals surface area contributed by atoms with Crippen molar-refractivity contribution < 1.29 is 4.39 Å². The molecule has 0 radical (unpaired) electrons. The zero-order valence-electron chi connectivity index (χ0n) is 10.7. The summed E-state index contributed by atoms with van der Waals surface area (Å²) in [5, 5.41) is 0. The quantitative estimate of drug-likeness (QED) is 0.366.